The van der Waals surface area contributed by atoms with E-state index in [1.54, 1.807) is 0 Å². The Labute approximate surface area is 85.0 Å². The summed E-state index contributed by atoms with van der Waals surface area (Å²) in [4.78, 5) is 0. The van der Waals surface area contributed by atoms with E-state index in [1.807, 2.05) is 18.2 Å². The molecule has 1 aromatic carbocycles. The third-order valence-electron chi connectivity index (χ3n) is 3.03. The molecule has 1 saturated heterocycles. The van der Waals surface area contributed by atoms with E-state index in [0.717, 1.165) is 12.0 Å². The molecule has 1 heterocycles. The number of benzene rings is 1. The Morgan fingerprint density at radius 1 is 1.43 bits per heavy atom. The zero-order valence-corrected chi connectivity index (χ0v) is 8.75. The molecule has 1 aliphatic rings. The Morgan fingerprint density at radius 3 is 2.71 bits per heavy atom. The molecule has 2 nitrogen and oxygen atoms in total. The number of hydrogen-bond donors (Lipinski definition) is 2. The van der Waals surface area contributed by atoms with Gasteiger partial charge in [0.25, 0.3) is 0 Å². The highest BCUT2D eigenvalue weighted by Crippen LogP contribution is 2.32. The highest BCUT2D eigenvalue weighted by molar-refractivity contribution is 5.32. The molecule has 0 saturated carbocycles. The Hall–Kier alpha value is -0.860. The minimum Gasteiger partial charge on any atom is -0.384 e. The van der Waals surface area contributed by atoms with E-state index in [4.69, 9.17) is 0 Å². The van der Waals surface area contributed by atoms with Gasteiger partial charge in [0.15, 0.2) is 0 Å². The van der Waals surface area contributed by atoms with Crippen LogP contribution in [-0.2, 0) is 5.60 Å². The lowest BCUT2D eigenvalue weighted by Crippen LogP contribution is -2.29. The molecule has 1 aromatic rings. The molecule has 2 unspecified atom stereocenters. The average Bonchev–Trinajstić information content (AvgIpc) is 2.48. The van der Waals surface area contributed by atoms with E-state index < -0.39 is 5.60 Å². The highest BCUT2D eigenvalue weighted by atomic mass is 16.3. The van der Waals surface area contributed by atoms with Gasteiger partial charge in [0, 0.05) is 12.6 Å². The lowest BCUT2D eigenvalue weighted by Gasteiger charge is -2.24. The van der Waals surface area contributed by atoms with Crippen molar-refractivity contribution in [3.63, 3.8) is 0 Å². The number of nitrogens with one attached hydrogen (secondary N) is 1. The Morgan fingerprint density at radius 2 is 2.14 bits per heavy atom. The lowest BCUT2D eigenvalue weighted by atomic mass is 9.88. The number of rotatable bonds is 1. The fraction of sp³-hybridized carbons (Fsp3) is 0.500. The summed E-state index contributed by atoms with van der Waals surface area (Å²) < 4.78 is 0. The zero-order valence-electron chi connectivity index (χ0n) is 8.75. The third-order valence-corrected chi connectivity index (χ3v) is 3.03. The van der Waals surface area contributed by atoms with Crippen molar-refractivity contribution < 1.29 is 5.11 Å². The summed E-state index contributed by atoms with van der Waals surface area (Å²) >= 11 is 0. The number of hydrogen-bond acceptors (Lipinski definition) is 2. The third kappa shape index (κ3) is 1.56. The van der Waals surface area contributed by atoms with Crippen LogP contribution in [0.5, 0.6) is 0 Å². The molecular formula is C12H17NO. The van der Waals surface area contributed by atoms with Gasteiger partial charge in [-0.05, 0) is 31.4 Å². The standard InChI is InChI=1S/C12H17NO/c1-9-5-3-4-6-11(9)12(14)7-10(2)13-8-12/h3-6,10,13-14H,7-8H2,1-2H3. The lowest BCUT2D eigenvalue weighted by molar-refractivity contribution is 0.0558. The first kappa shape index (κ1) is 9.69. The van der Waals surface area contributed by atoms with Crippen molar-refractivity contribution >= 4 is 0 Å². The van der Waals surface area contributed by atoms with E-state index in [-0.39, 0.29) is 0 Å². The van der Waals surface area contributed by atoms with Crippen LogP contribution in [0, 0.1) is 6.92 Å². The first-order valence-corrected chi connectivity index (χ1v) is 5.14. The highest BCUT2D eigenvalue weighted by Gasteiger charge is 2.37. The molecule has 2 rings (SSSR count). The Bertz CT molecular complexity index is 337. The maximum Gasteiger partial charge on any atom is 0.104 e. The summed E-state index contributed by atoms with van der Waals surface area (Å²) in [5.41, 5.74) is 1.58. The molecule has 1 fully saturated rings. The van der Waals surface area contributed by atoms with Crippen LogP contribution >= 0.6 is 0 Å². The second kappa shape index (κ2) is 3.37. The topological polar surface area (TPSA) is 32.3 Å². The number of β-amino-alcohol motifs (C(OH)–C–C–N with tert-alkyl or cyclic N) is 1. The predicted octanol–water partition coefficient (Wildman–Crippen LogP) is 1.56. The summed E-state index contributed by atoms with van der Waals surface area (Å²) in [6.45, 7) is 4.82. The first-order chi connectivity index (χ1) is 6.62. The van der Waals surface area contributed by atoms with Crippen LogP contribution in [0.1, 0.15) is 24.5 Å². The summed E-state index contributed by atoms with van der Waals surface area (Å²) in [6.07, 6.45) is 0.803. The summed E-state index contributed by atoms with van der Waals surface area (Å²) in [6, 6.07) is 8.47. The molecular weight excluding hydrogens is 174 g/mol. The van der Waals surface area contributed by atoms with E-state index in [9.17, 15) is 5.11 Å². The van der Waals surface area contributed by atoms with Crippen molar-refractivity contribution in [1.29, 1.82) is 0 Å². The molecule has 14 heavy (non-hydrogen) atoms. The fourth-order valence-electron chi connectivity index (χ4n) is 2.29. The van der Waals surface area contributed by atoms with Crippen molar-refractivity contribution in [2.75, 3.05) is 6.54 Å². The smallest absolute Gasteiger partial charge is 0.104 e. The van der Waals surface area contributed by atoms with Crippen molar-refractivity contribution in [3.05, 3.63) is 35.4 Å². The molecule has 2 N–H and O–H groups in total. The van der Waals surface area contributed by atoms with E-state index in [1.165, 1.54) is 5.56 Å². The second-order valence-electron chi connectivity index (χ2n) is 4.33. The SMILES string of the molecule is Cc1ccccc1C1(O)CNC(C)C1. The zero-order chi connectivity index (χ0) is 10.2. The van der Waals surface area contributed by atoms with Crippen LogP contribution in [0.2, 0.25) is 0 Å². The summed E-state index contributed by atoms with van der Waals surface area (Å²) in [7, 11) is 0. The van der Waals surface area contributed by atoms with Crippen molar-refractivity contribution in [3.8, 4) is 0 Å². The van der Waals surface area contributed by atoms with Crippen LogP contribution in [0.15, 0.2) is 24.3 Å². The van der Waals surface area contributed by atoms with Crippen molar-refractivity contribution in [2.45, 2.75) is 31.9 Å². The minimum atomic E-state index is -0.662. The van der Waals surface area contributed by atoms with Gasteiger partial charge in [0.2, 0.25) is 0 Å². The van der Waals surface area contributed by atoms with E-state index in [2.05, 4.69) is 25.2 Å². The van der Waals surface area contributed by atoms with E-state index in [0.29, 0.717) is 12.6 Å². The van der Waals surface area contributed by atoms with Gasteiger partial charge >= 0.3 is 0 Å². The molecule has 0 amide bonds. The minimum absolute atomic E-state index is 0.402. The van der Waals surface area contributed by atoms with Crippen LogP contribution in [0.4, 0.5) is 0 Å². The van der Waals surface area contributed by atoms with E-state index >= 15 is 0 Å². The predicted molar refractivity (Wildman–Crippen MR) is 57.2 cm³/mol. The molecule has 2 heteroatoms. The van der Waals surface area contributed by atoms with Crippen LogP contribution in [0.25, 0.3) is 0 Å². The second-order valence-corrected chi connectivity index (χ2v) is 4.33. The summed E-state index contributed by atoms with van der Waals surface area (Å²) in [5, 5.41) is 13.7. The number of aliphatic hydroxyl groups is 1. The van der Waals surface area contributed by atoms with Crippen molar-refractivity contribution in [2.24, 2.45) is 0 Å². The van der Waals surface area contributed by atoms with Crippen LogP contribution in [0.3, 0.4) is 0 Å². The van der Waals surface area contributed by atoms with Gasteiger partial charge in [-0.1, -0.05) is 24.3 Å². The van der Waals surface area contributed by atoms with Gasteiger partial charge < -0.3 is 10.4 Å². The normalized spacial score (nSPS) is 32.1. The van der Waals surface area contributed by atoms with Gasteiger partial charge in [-0.2, -0.15) is 0 Å². The van der Waals surface area contributed by atoms with Gasteiger partial charge in [-0.15, -0.1) is 0 Å². The van der Waals surface area contributed by atoms with Crippen LogP contribution in [-0.4, -0.2) is 17.7 Å². The number of aryl methyl sites for hydroxylation is 1. The molecule has 0 radical (unpaired) electrons. The molecule has 2 atom stereocenters. The maximum atomic E-state index is 10.5. The average molecular weight is 191 g/mol. The van der Waals surface area contributed by atoms with Gasteiger partial charge in [-0.25, -0.2) is 0 Å². The maximum absolute atomic E-state index is 10.5. The first-order valence-electron chi connectivity index (χ1n) is 5.14. The van der Waals surface area contributed by atoms with Gasteiger partial charge in [-0.3, -0.25) is 0 Å². The molecule has 0 spiro atoms. The largest absolute Gasteiger partial charge is 0.384 e. The van der Waals surface area contributed by atoms with Gasteiger partial charge in [0.05, 0.1) is 0 Å². The fourth-order valence-corrected chi connectivity index (χ4v) is 2.29. The van der Waals surface area contributed by atoms with Gasteiger partial charge in [0.1, 0.15) is 5.60 Å². The molecule has 0 aromatic heterocycles. The Balaban J connectivity index is 2.35. The molecule has 1 aliphatic heterocycles. The summed E-state index contributed by atoms with van der Waals surface area (Å²) in [5.74, 6) is 0. The monoisotopic (exact) mass is 191 g/mol. The molecule has 76 valence electrons. The quantitative estimate of drug-likeness (QED) is 0.706. The van der Waals surface area contributed by atoms with Crippen LogP contribution < -0.4 is 5.32 Å². The molecule has 0 bridgehead atoms. The Kier molecular flexibility index (Phi) is 2.33. The van der Waals surface area contributed by atoms with Crippen molar-refractivity contribution in [1.82, 2.24) is 5.32 Å². The molecule has 0 aliphatic carbocycles.